The Hall–Kier alpha value is -0.570. The quantitative estimate of drug-likeness (QED) is 0.749. The maximum absolute atomic E-state index is 11.7. The lowest BCUT2D eigenvalue weighted by Gasteiger charge is -2.21. The number of aliphatic hydroxyl groups is 1. The van der Waals surface area contributed by atoms with E-state index in [0.29, 0.717) is 12.8 Å². The van der Waals surface area contributed by atoms with E-state index in [0.717, 1.165) is 25.9 Å². The molecule has 0 bridgehead atoms. The minimum atomic E-state index is 0.184. The smallest absolute Gasteiger partial charge is 0.222 e. The highest BCUT2D eigenvalue weighted by atomic mass is 16.3. The number of hydrogen-bond acceptors (Lipinski definition) is 2. The van der Waals surface area contributed by atoms with Crippen molar-refractivity contribution in [1.29, 1.82) is 0 Å². The van der Waals surface area contributed by atoms with Crippen LogP contribution in [0.2, 0.25) is 0 Å². The largest absolute Gasteiger partial charge is 0.396 e. The van der Waals surface area contributed by atoms with E-state index in [9.17, 15) is 4.79 Å². The fourth-order valence-corrected chi connectivity index (χ4v) is 1.89. The van der Waals surface area contributed by atoms with E-state index in [1.807, 2.05) is 4.90 Å². The zero-order chi connectivity index (χ0) is 10.2. The summed E-state index contributed by atoms with van der Waals surface area (Å²) in [6.45, 7) is 1.80. The van der Waals surface area contributed by atoms with Gasteiger partial charge in [-0.2, -0.15) is 0 Å². The van der Waals surface area contributed by atoms with Gasteiger partial charge < -0.3 is 10.0 Å². The number of rotatable bonds is 3. The Morgan fingerprint density at radius 3 is 2.64 bits per heavy atom. The summed E-state index contributed by atoms with van der Waals surface area (Å²) in [5.74, 6) is 0.278. The van der Waals surface area contributed by atoms with Crippen LogP contribution in [0, 0.1) is 0 Å². The molecule has 0 radical (unpaired) electrons. The van der Waals surface area contributed by atoms with E-state index in [2.05, 4.69) is 0 Å². The predicted octanol–water partition coefficient (Wildman–Crippen LogP) is 1.55. The van der Waals surface area contributed by atoms with Gasteiger partial charge in [-0.3, -0.25) is 4.79 Å². The first-order valence-electron chi connectivity index (χ1n) is 5.73. The van der Waals surface area contributed by atoms with Crippen molar-refractivity contribution in [3.63, 3.8) is 0 Å². The monoisotopic (exact) mass is 199 g/mol. The summed E-state index contributed by atoms with van der Waals surface area (Å²) in [6.07, 6.45) is 7.27. The molecule has 1 fully saturated rings. The molecule has 1 aliphatic heterocycles. The number of amides is 1. The number of carbonyl (C=O) groups is 1. The Morgan fingerprint density at radius 2 is 1.86 bits per heavy atom. The first kappa shape index (κ1) is 11.5. The van der Waals surface area contributed by atoms with E-state index in [4.69, 9.17) is 5.11 Å². The van der Waals surface area contributed by atoms with Crippen molar-refractivity contribution in [3.05, 3.63) is 0 Å². The number of nitrogens with zero attached hydrogens (tertiary/aromatic N) is 1. The number of hydrogen-bond donors (Lipinski definition) is 1. The molecule has 1 heterocycles. The molecule has 0 aromatic carbocycles. The van der Waals surface area contributed by atoms with Crippen LogP contribution in [-0.4, -0.2) is 35.6 Å². The Morgan fingerprint density at radius 1 is 1.14 bits per heavy atom. The van der Waals surface area contributed by atoms with Gasteiger partial charge in [0.15, 0.2) is 0 Å². The van der Waals surface area contributed by atoms with Crippen LogP contribution in [0.3, 0.4) is 0 Å². The van der Waals surface area contributed by atoms with Crippen LogP contribution in [0.1, 0.15) is 44.9 Å². The first-order valence-corrected chi connectivity index (χ1v) is 5.73. The van der Waals surface area contributed by atoms with Gasteiger partial charge in [0, 0.05) is 26.1 Å². The van der Waals surface area contributed by atoms with Crippen LogP contribution in [0.4, 0.5) is 0 Å². The standard InChI is InChI=1S/C11H21NO2/c13-10-6-9-12-8-5-3-1-2-4-7-11(12)14/h13H,1-10H2. The first-order chi connectivity index (χ1) is 6.84. The second kappa shape index (κ2) is 6.82. The van der Waals surface area contributed by atoms with Gasteiger partial charge >= 0.3 is 0 Å². The van der Waals surface area contributed by atoms with Crippen molar-refractivity contribution in [2.24, 2.45) is 0 Å². The van der Waals surface area contributed by atoms with Crippen LogP contribution in [0.15, 0.2) is 0 Å². The molecule has 0 aromatic rings. The SMILES string of the molecule is O=C1CCCCCCCN1CCCO. The molecule has 3 heteroatoms. The molecule has 0 atom stereocenters. The summed E-state index contributed by atoms with van der Waals surface area (Å²) in [4.78, 5) is 13.6. The summed E-state index contributed by atoms with van der Waals surface area (Å²) < 4.78 is 0. The van der Waals surface area contributed by atoms with E-state index in [1.54, 1.807) is 0 Å². The van der Waals surface area contributed by atoms with Crippen LogP contribution in [0.5, 0.6) is 0 Å². The van der Waals surface area contributed by atoms with Crippen LogP contribution in [-0.2, 0) is 4.79 Å². The zero-order valence-electron chi connectivity index (χ0n) is 8.87. The number of aliphatic hydroxyl groups excluding tert-OH is 1. The zero-order valence-corrected chi connectivity index (χ0v) is 8.87. The molecule has 0 saturated carbocycles. The third kappa shape index (κ3) is 4.09. The van der Waals surface area contributed by atoms with Gasteiger partial charge in [-0.25, -0.2) is 0 Å². The molecular weight excluding hydrogens is 178 g/mol. The Labute approximate surface area is 86.1 Å². The van der Waals surface area contributed by atoms with E-state index in [1.165, 1.54) is 19.3 Å². The Kier molecular flexibility index (Phi) is 5.60. The minimum absolute atomic E-state index is 0.184. The average Bonchev–Trinajstić information content (AvgIpc) is 2.28. The lowest BCUT2D eigenvalue weighted by Crippen LogP contribution is -2.32. The molecule has 0 unspecified atom stereocenters. The molecule has 0 aromatic heterocycles. The third-order valence-electron chi connectivity index (χ3n) is 2.76. The second-order valence-electron chi connectivity index (χ2n) is 3.98. The van der Waals surface area contributed by atoms with Gasteiger partial charge in [-0.05, 0) is 19.3 Å². The van der Waals surface area contributed by atoms with Crippen molar-refractivity contribution in [3.8, 4) is 0 Å². The van der Waals surface area contributed by atoms with E-state index < -0.39 is 0 Å². The van der Waals surface area contributed by atoms with Crippen molar-refractivity contribution in [2.45, 2.75) is 44.9 Å². The molecule has 1 aliphatic rings. The average molecular weight is 199 g/mol. The summed E-state index contributed by atoms with van der Waals surface area (Å²) in [7, 11) is 0. The van der Waals surface area contributed by atoms with Crippen molar-refractivity contribution >= 4 is 5.91 Å². The lowest BCUT2D eigenvalue weighted by molar-refractivity contribution is -0.131. The van der Waals surface area contributed by atoms with Gasteiger partial charge in [-0.1, -0.05) is 19.3 Å². The molecule has 14 heavy (non-hydrogen) atoms. The maximum atomic E-state index is 11.7. The molecule has 82 valence electrons. The molecule has 0 spiro atoms. The Balaban J connectivity index is 2.36. The summed E-state index contributed by atoms with van der Waals surface area (Å²) in [5, 5.41) is 8.73. The second-order valence-corrected chi connectivity index (χ2v) is 3.98. The molecule has 3 nitrogen and oxygen atoms in total. The highest BCUT2D eigenvalue weighted by molar-refractivity contribution is 5.76. The van der Waals surface area contributed by atoms with Gasteiger partial charge in [0.2, 0.25) is 5.91 Å². The highest BCUT2D eigenvalue weighted by Crippen LogP contribution is 2.12. The van der Waals surface area contributed by atoms with Crippen molar-refractivity contribution in [1.82, 2.24) is 4.90 Å². The fourth-order valence-electron chi connectivity index (χ4n) is 1.89. The molecule has 0 aliphatic carbocycles. The van der Waals surface area contributed by atoms with Crippen LogP contribution >= 0.6 is 0 Å². The maximum Gasteiger partial charge on any atom is 0.222 e. The van der Waals surface area contributed by atoms with E-state index in [-0.39, 0.29) is 12.5 Å². The minimum Gasteiger partial charge on any atom is -0.396 e. The molecular formula is C11H21NO2. The predicted molar refractivity (Wildman–Crippen MR) is 56.0 cm³/mol. The van der Waals surface area contributed by atoms with Crippen LogP contribution < -0.4 is 0 Å². The normalized spacial score (nSPS) is 20.1. The third-order valence-corrected chi connectivity index (χ3v) is 2.76. The van der Waals surface area contributed by atoms with E-state index >= 15 is 0 Å². The highest BCUT2D eigenvalue weighted by Gasteiger charge is 2.13. The number of carbonyl (C=O) groups excluding carboxylic acids is 1. The van der Waals surface area contributed by atoms with Crippen LogP contribution in [0.25, 0.3) is 0 Å². The fraction of sp³-hybridized carbons (Fsp3) is 0.909. The topological polar surface area (TPSA) is 40.5 Å². The lowest BCUT2D eigenvalue weighted by atomic mass is 10.1. The molecule has 1 N–H and O–H groups in total. The summed E-state index contributed by atoms with van der Waals surface area (Å²) in [6, 6.07) is 0. The summed E-state index contributed by atoms with van der Waals surface area (Å²) >= 11 is 0. The Bertz CT molecular complexity index is 171. The van der Waals surface area contributed by atoms with Gasteiger partial charge in [-0.15, -0.1) is 0 Å². The van der Waals surface area contributed by atoms with Crippen molar-refractivity contribution < 1.29 is 9.90 Å². The van der Waals surface area contributed by atoms with Gasteiger partial charge in [0.25, 0.3) is 0 Å². The molecule has 1 amide bonds. The van der Waals surface area contributed by atoms with Crippen molar-refractivity contribution in [2.75, 3.05) is 19.7 Å². The molecule has 1 rings (SSSR count). The van der Waals surface area contributed by atoms with Gasteiger partial charge in [0.05, 0.1) is 0 Å². The van der Waals surface area contributed by atoms with Gasteiger partial charge in [0.1, 0.15) is 0 Å². The summed E-state index contributed by atoms with van der Waals surface area (Å²) in [5.41, 5.74) is 0. The molecule has 1 saturated heterocycles.